The van der Waals surface area contributed by atoms with Crippen molar-refractivity contribution in [3.8, 4) is 0 Å². The third-order valence-electron chi connectivity index (χ3n) is 6.12. The molecular weight excluding hydrogens is 360 g/mol. The number of nitrogens with zero attached hydrogens (tertiary/aromatic N) is 1. The van der Waals surface area contributed by atoms with Gasteiger partial charge in [0.15, 0.2) is 5.96 Å². The molecular formula is C21H29ClN4O. The Balaban J connectivity index is 1.43. The third kappa shape index (κ3) is 3.43. The zero-order chi connectivity index (χ0) is 19.0. The Hall–Kier alpha value is -1.72. The van der Waals surface area contributed by atoms with Crippen molar-refractivity contribution < 1.29 is 4.74 Å². The molecule has 1 aliphatic carbocycles. The molecule has 2 aliphatic rings. The molecule has 2 aromatic rings. The molecule has 4 rings (SSSR count). The SMILES string of the molecule is CCNC(=NCCc1c[nH]c2ccc(Cl)cc12)NC1C2CCOC2C1(C)C. The summed E-state index contributed by atoms with van der Waals surface area (Å²) in [6.45, 7) is 9.14. The molecule has 1 aromatic heterocycles. The predicted molar refractivity (Wildman–Crippen MR) is 112 cm³/mol. The van der Waals surface area contributed by atoms with Crippen LogP contribution < -0.4 is 10.6 Å². The van der Waals surface area contributed by atoms with Crippen LogP contribution in [-0.2, 0) is 11.2 Å². The van der Waals surface area contributed by atoms with Crippen LogP contribution in [0.5, 0.6) is 0 Å². The molecule has 6 heteroatoms. The van der Waals surface area contributed by atoms with E-state index in [1.165, 1.54) is 10.9 Å². The summed E-state index contributed by atoms with van der Waals surface area (Å²) in [6, 6.07) is 6.37. The van der Waals surface area contributed by atoms with Crippen LogP contribution in [0, 0.1) is 11.3 Å². The van der Waals surface area contributed by atoms with Crippen LogP contribution in [-0.4, -0.2) is 42.8 Å². The maximum atomic E-state index is 6.15. The highest BCUT2D eigenvalue weighted by atomic mass is 35.5. The van der Waals surface area contributed by atoms with Crippen LogP contribution in [0.3, 0.4) is 0 Å². The number of guanidine groups is 1. The lowest BCUT2D eigenvalue weighted by atomic mass is 9.57. The van der Waals surface area contributed by atoms with Gasteiger partial charge in [-0.25, -0.2) is 0 Å². The van der Waals surface area contributed by atoms with Gasteiger partial charge in [0.1, 0.15) is 0 Å². The number of aromatic amines is 1. The molecule has 3 atom stereocenters. The second kappa shape index (κ2) is 7.36. The third-order valence-corrected chi connectivity index (χ3v) is 6.35. The number of halogens is 1. The van der Waals surface area contributed by atoms with Gasteiger partial charge in [-0.1, -0.05) is 25.4 Å². The quantitative estimate of drug-likeness (QED) is 0.540. The Morgan fingerprint density at radius 1 is 1.41 bits per heavy atom. The average molecular weight is 389 g/mol. The number of fused-ring (bicyclic) bond motifs is 2. The summed E-state index contributed by atoms with van der Waals surface area (Å²) in [5, 5.41) is 9.02. The molecule has 0 amide bonds. The molecule has 2 heterocycles. The van der Waals surface area contributed by atoms with Gasteiger partial charge in [-0.2, -0.15) is 0 Å². The summed E-state index contributed by atoms with van der Waals surface area (Å²) in [4.78, 5) is 8.14. The second-order valence-electron chi connectivity index (χ2n) is 8.20. The van der Waals surface area contributed by atoms with E-state index in [2.05, 4.69) is 42.6 Å². The molecule has 1 aromatic carbocycles. The normalized spacial score (nSPS) is 26.7. The van der Waals surface area contributed by atoms with Gasteiger partial charge in [0, 0.05) is 59.2 Å². The highest BCUT2D eigenvalue weighted by Crippen LogP contribution is 2.52. The first-order chi connectivity index (χ1) is 13.0. The van der Waals surface area contributed by atoms with E-state index < -0.39 is 0 Å². The summed E-state index contributed by atoms with van der Waals surface area (Å²) in [5.74, 6) is 1.50. The molecule has 2 fully saturated rings. The number of hydrogen-bond acceptors (Lipinski definition) is 2. The lowest BCUT2D eigenvalue weighted by molar-refractivity contribution is -0.106. The van der Waals surface area contributed by atoms with Gasteiger partial charge in [-0.05, 0) is 43.5 Å². The van der Waals surface area contributed by atoms with Crippen LogP contribution in [0.15, 0.2) is 29.4 Å². The van der Waals surface area contributed by atoms with E-state index in [0.29, 0.717) is 18.1 Å². The maximum Gasteiger partial charge on any atom is 0.191 e. The Kier molecular flexibility index (Phi) is 5.08. The summed E-state index contributed by atoms with van der Waals surface area (Å²) >= 11 is 6.15. The van der Waals surface area contributed by atoms with E-state index in [9.17, 15) is 0 Å². The number of aliphatic imine (C=N–C) groups is 1. The molecule has 0 radical (unpaired) electrons. The number of rotatable bonds is 5. The first-order valence-electron chi connectivity index (χ1n) is 9.92. The van der Waals surface area contributed by atoms with Crippen molar-refractivity contribution in [1.82, 2.24) is 15.6 Å². The standard InChI is InChI=1S/C21H29ClN4O/c1-4-23-20(26-18-15-8-10-27-19(15)21(18,2)3)24-9-7-13-12-25-17-6-5-14(22)11-16(13)17/h5-6,11-12,15,18-19,25H,4,7-10H2,1-3H3,(H2,23,24,26). The van der Waals surface area contributed by atoms with Gasteiger partial charge >= 0.3 is 0 Å². The van der Waals surface area contributed by atoms with Crippen LogP contribution in [0.4, 0.5) is 0 Å². The fraction of sp³-hybridized carbons (Fsp3) is 0.571. The molecule has 3 N–H and O–H groups in total. The number of H-pyrrole nitrogens is 1. The number of aromatic nitrogens is 1. The van der Waals surface area contributed by atoms with Crippen LogP contribution in [0.2, 0.25) is 5.02 Å². The minimum atomic E-state index is 0.144. The molecule has 146 valence electrons. The lowest BCUT2D eigenvalue weighted by Gasteiger charge is -2.54. The van der Waals surface area contributed by atoms with Gasteiger partial charge in [-0.15, -0.1) is 0 Å². The molecule has 5 nitrogen and oxygen atoms in total. The molecule has 1 saturated carbocycles. The van der Waals surface area contributed by atoms with Crippen molar-refractivity contribution in [2.75, 3.05) is 19.7 Å². The zero-order valence-corrected chi connectivity index (χ0v) is 17.1. The van der Waals surface area contributed by atoms with Gasteiger partial charge in [0.2, 0.25) is 0 Å². The van der Waals surface area contributed by atoms with Crippen LogP contribution in [0.1, 0.15) is 32.8 Å². The molecule has 27 heavy (non-hydrogen) atoms. The lowest BCUT2D eigenvalue weighted by Crippen LogP contribution is -2.68. The predicted octanol–water partition coefficient (Wildman–Crippen LogP) is 3.73. The van der Waals surface area contributed by atoms with Gasteiger partial charge in [-0.3, -0.25) is 4.99 Å². The van der Waals surface area contributed by atoms with E-state index in [0.717, 1.165) is 49.0 Å². The van der Waals surface area contributed by atoms with Gasteiger partial charge < -0.3 is 20.4 Å². The average Bonchev–Trinajstić information content (AvgIpc) is 3.25. The molecule has 3 unspecified atom stereocenters. The van der Waals surface area contributed by atoms with Crippen molar-refractivity contribution in [3.63, 3.8) is 0 Å². The number of benzene rings is 1. The summed E-state index contributed by atoms with van der Waals surface area (Å²) in [6.07, 6.45) is 4.46. The fourth-order valence-corrected chi connectivity index (χ4v) is 4.90. The maximum absolute atomic E-state index is 6.15. The second-order valence-corrected chi connectivity index (χ2v) is 8.64. The van der Waals surface area contributed by atoms with Crippen LogP contribution >= 0.6 is 11.6 Å². The summed E-state index contributed by atoms with van der Waals surface area (Å²) in [5.41, 5.74) is 2.51. The first kappa shape index (κ1) is 18.6. The Morgan fingerprint density at radius 3 is 3.07 bits per heavy atom. The summed E-state index contributed by atoms with van der Waals surface area (Å²) < 4.78 is 5.91. The van der Waals surface area contributed by atoms with Crippen molar-refractivity contribution in [2.45, 2.75) is 45.8 Å². The Labute approximate surface area is 165 Å². The molecule has 1 saturated heterocycles. The minimum Gasteiger partial charge on any atom is -0.377 e. The largest absolute Gasteiger partial charge is 0.377 e. The van der Waals surface area contributed by atoms with Crippen molar-refractivity contribution in [3.05, 3.63) is 35.0 Å². The van der Waals surface area contributed by atoms with E-state index in [1.807, 2.05) is 18.2 Å². The Bertz CT molecular complexity index is 844. The van der Waals surface area contributed by atoms with Gasteiger partial charge in [0.25, 0.3) is 0 Å². The molecule has 1 aliphatic heterocycles. The topological polar surface area (TPSA) is 61.4 Å². The first-order valence-corrected chi connectivity index (χ1v) is 10.3. The summed E-state index contributed by atoms with van der Waals surface area (Å²) in [7, 11) is 0. The highest BCUT2D eigenvalue weighted by Gasteiger charge is 2.59. The van der Waals surface area contributed by atoms with Crippen molar-refractivity contribution >= 4 is 28.5 Å². The molecule has 0 bridgehead atoms. The van der Waals surface area contributed by atoms with Gasteiger partial charge in [0.05, 0.1) is 6.10 Å². The van der Waals surface area contributed by atoms with E-state index in [-0.39, 0.29) is 5.41 Å². The number of ether oxygens (including phenoxy) is 1. The zero-order valence-electron chi connectivity index (χ0n) is 16.3. The van der Waals surface area contributed by atoms with E-state index in [4.69, 9.17) is 21.3 Å². The van der Waals surface area contributed by atoms with E-state index >= 15 is 0 Å². The van der Waals surface area contributed by atoms with Crippen LogP contribution in [0.25, 0.3) is 10.9 Å². The van der Waals surface area contributed by atoms with Crippen molar-refractivity contribution in [2.24, 2.45) is 16.3 Å². The smallest absolute Gasteiger partial charge is 0.191 e. The number of nitrogens with one attached hydrogen (secondary N) is 3. The number of hydrogen-bond donors (Lipinski definition) is 3. The molecule has 0 spiro atoms. The van der Waals surface area contributed by atoms with E-state index in [1.54, 1.807) is 0 Å². The monoisotopic (exact) mass is 388 g/mol. The fourth-order valence-electron chi connectivity index (χ4n) is 4.73. The minimum absolute atomic E-state index is 0.144. The highest BCUT2D eigenvalue weighted by molar-refractivity contribution is 6.31. The van der Waals surface area contributed by atoms with Crippen molar-refractivity contribution in [1.29, 1.82) is 0 Å². The Morgan fingerprint density at radius 2 is 2.26 bits per heavy atom.